The molecule has 8 nitrogen and oxygen atoms in total. The molecule has 2 heterocycles. The summed E-state index contributed by atoms with van der Waals surface area (Å²) in [7, 11) is 1.33. The number of aryl methyl sites for hydroxylation is 3. The summed E-state index contributed by atoms with van der Waals surface area (Å²) in [6, 6.07) is 15.1. The zero-order valence-electron chi connectivity index (χ0n) is 23.8. The van der Waals surface area contributed by atoms with Crippen LogP contribution in [-0.2, 0) is 16.1 Å². The second kappa shape index (κ2) is 12.4. The van der Waals surface area contributed by atoms with Crippen molar-refractivity contribution >= 4 is 45.0 Å². The molecule has 9 heteroatoms. The number of hydrogen-bond acceptors (Lipinski definition) is 6. The van der Waals surface area contributed by atoms with E-state index in [-0.39, 0.29) is 18.4 Å². The lowest BCUT2D eigenvalue weighted by Crippen LogP contribution is -2.34. The minimum atomic E-state index is -0.535. The van der Waals surface area contributed by atoms with Crippen LogP contribution < -0.4 is 10.1 Å². The third kappa shape index (κ3) is 5.47. The summed E-state index contributed by atoms with van der Waals surface area (Å²) in [6.45, 7) is 11.6. The van der Waals surface area contributed by atoms with Crippen LogP contribution in [-0.4, -0.2) is 54.1 Å². The Morgan fingerprint density at radius 2 is 1.65 bits per heavy atom. The molecule has 0 bridgehead atoms. The van der Waals surface area contributed by atoms with Crippen molar-refractivity contribution in [1.29, 1.82) is 0 Å². The van der Waals surface area contributed by atoms with E-state index in [9.17, 15) is 14.4 Å². The number of fused-ring (bicyclic) bond motifs is 1. The van der Waals surface area contributed by atoms with Crippen molar-refractivity contribution in [1.82, 2.24) is 9.47 Å². The molecule has 2 aromatic carbocycles. The van der Waals surface area contributed by atoms with Crippen LogP contribution in [0.25, 0.3) is 22.0 Å². The number of amides is 2. The number of nitrogens with one attached hydrogen (secondary N) is 1. The molecule has 4 rings (SSSR count). The van der Waals surface area contributed by atoms with Gasteiger partial charge >= 0.3 is 5.97 Å². The van der Waals surface area contributed by atoms with Crippen LogP contribution in [0.5, 0.6) is 5.75 Å². The summed E-state index contributed by atoms with van der Waals surface area (Å²) in [4.78, 5) is 41.5. The van der Waals surface area contributed by atoms with Gasteiger partial charge in [0.2, 0.25) is 0 Å². The number of hydrogen-bond donors (Lipinski definition) is 1. The molecule has 0 unspecified atom stereocenters. The van der Waals surface area contributed by atoms with Crippen LogP contribution in [0.2, 0.25) is 0 Å². The van der Waals surface area contributed by atoms with Gasteiger partial charge < -0.3 is 24.3 Å². The maximum absolute atomic E-state index is 13.6. The van der Waals surface area contributed by atoms with Crippen molar-refractivity contribution < 1.29 is 23.9 Å². The lowest BCUT2D eigenvalue weighted by Gasteiger charge is -2.18. The van der Waals surface area contributed by atoms with Crippen molar-refractivity contribution in [2.45, 2.75) is 41.2 Å². The fourth-order valence-electron chi connectivity index (χ4n) is 5.07. The van der Waals surface area contributed by atoms with E-state index in [0.29, 0.717) is 47.2 Å². The highest BCUT2D eigenvalue weighted by atomic mass is 32.1. The number of thiophene rings is 1. The number of aromatic nitrogens is 1. The molecule has 0 aliphatic heterocycles. The fraction of sp³-hybridized carbons (Fsp3) is 0.323. The average Bonchev–Trinajstić information content (AvgIpc) is 3.45. The van der Waals surface area contributed by atoms with E-state index in [1.165, 1.54) is 18.4 Å². The van der Waals surface area contributed by atoms with Crippen LogP contribution in [0.15, 0.2) is 48.5 Å². The molecule has 0 spiro atoms. The standard InChI is InChI=1S/C31H35N3O5S/c1-7-33(8-2)25(35)18-39-22-16-14-21(15-17-22)26-20(5)40-30(27(26)31(37)38-6)32-29(36)28-19(4)23-12-10-11-13-24(23)34(28)9-3/h10-17H,7-9,18H2,1-6H3,(H,32,36). The zero-order chi connectivity index (χ0) is 29.0. The Balaban J connectivity index is 1.65. The number of carbonyl (C=O) groups is 3. The van der Waals surface area contributed by atoms with Crippen molar-refractivity contribution in [3.63, 3.8) is 0 Å². The van der Waals surface area contributed by atoms with E-state index in [2.05, 4.69) is 5.32 Å². The van der Waals surface area contributed by atoms with Gasteiger partial charge in [-0.3, -0.25) is 9.59 Å². The molecule has 40 heavy (non-hydrogen) atoms. The normalized spacial score (nSPS) is 10.9. The molecule has 2 aromatic heterocycles. The van der Waals surface area contributed by atoms with Gasteiger partial charge in [0.1, 0.15) is 22.0 Å². The van der Waals surface area contributed by atoms with Gasteiger partial charge in [-0.25, -0.2) is 4.79 Å². The number of carbonyl (C=O) groups excluding carboxylic acids is 3. The van der Waals surface area contributed by atoms with Gasteiger partial charge in [0.05, 0.1) is 7.11 Å². The van der Waals surface area contributed by atoms with Crippen LogP contribution in [0.1, 0.15) is 52.1 Å². The summed E-state index contributed by atoms with van der Waals surface area (Å²) < 4.78 is 12.8. The van der Waals surface area contributed by atoms with Gasteiger partial charge in [0, 0.05) is 41.0 Å². The third-order valence-electron chi connectivity index (χ3n) is 7.08. The smallest absolute Gasteiger partial charge is 0.341 e. The first-order valence-corrected chi connectivity index (χ1v) is 14.2. The molecule has 0 aliphatic carbocycles. The monoisotopic (exact) mass is 561 g/mol. The van der Waals surface area contributed by atoms with Crippen molar-refractivity contribution in [2.75, 3.05) is 32.1 Å². The molecule has 1 N–H and O–H groups in total. The number of methoxy groups -OCH3 is 1. The van der Waals surface area contributed by atoms with Crippen LogP contribution in [0, 0.1) is 13.8 Å². The predicted molar refractivity (Wildman–Crippen MR) is 160 cm³/mol. The summed E-state index contributed by atoms with van der Waals surface area (Å²) in [5.74, 6) is -0.343. The largest absolute Gasteiger partial charge is 0.484 e. The Hall–Kier alpha value is -4.11. The average molecular weight is 562 g/mol. The molecule has 2 amide bonds. The van der Waals surface area contributed by atoms with Gasteiger partial charge in [-0.15, -0.1) is 11.3 Å². The molecular formula is C31H35N3O5S. The van der Waals surface area contributed by atoms with Crippen LogP contribution in [0.3, 0.4) is 0 Å². The van der Waals surface area contributed by atoms with Gasteiger partial charge in [-0.2, -0.15) is 0 Å². The maximum atomic E-state index is 13.6. The van der Waals surface area contributed by atoms with Gasteiger partial charge in [0.15, 0.2) is 6.61 Å². The van der Waals surface area contributed by atoms with E-state index in [4.69, 9.17) is 9.47 Å². The minimum Gasteiger partial charge on any atom is -0.484 e. The molecule has 4 aromatic rings. The molecule has 0 aliphatic rings. The summed E-state index contributed by atoms with van der Waals surface area (Å²) in [6.07, 6.45) is 0. The number of likely N-dealkylation sites (N-methyl/N-ethyl adjacent to an activating group) is 1. The highest BCUT2D eigenvalue weighted by Gasteiger charge is 2.27. The molecular weight excluding hydrogens is 526 g/mol. The summed E-state index contributed by atoms with van der Waals surface area (Å²) >= 11 is 1.33. The number of anilines is 1. The Kier molecular flexibility index (Phi) is 8.94. The number of ether oxygens (including phenoxy) is 2. The molecule has 0 saturated heterocycles. The topological polar surface area (TPSA) is 89.9 Å². The minimum absolute atomic E-state index is 0.0456. The molecule has 210 valence electrons. The third-order valence-corrected chi connectivity index (χ3v) is 8.10. The quantitative estimate of drug-likeness (QED) is 0.230. The number of para-hydroxylation sites is 1. The second-order valence-electron chi connectivity index (χ2n) is 9.30. The molecule has 0 atom stereocenters. The SMILES string of the molecule is CCN(CC)C(=O)COc1ccc(-c2c(C)sc(NC(=O)c3c(C)c4ccccc4n3CC)c2C(=O)OC)cc1. The zero-order valence-corrected chi connectivity index (χ0v) is 24.6. The fourth-order valence-corrected chi connectivity index (χ4v) is 6.13. The maximum Gasteiger partial charge on any atom is 0.341 e. The van der Waals surface area contributed by atoms with Crippen molar-refractivity contribution in [3.05, 3.63) is 70.2 Å². The van der Waals surface area contributed by atoms with Crippen LogP contribution in [0.4, 0.5) is 5.00 Å². The second-order valence-corrected chi connectivity index (χ2v) is 10.5. The van der Waals surface area contributed by atoms with Crippen LogP contribution >= 0.6 is 11.3 Å². The summed E-state index contributed by atoms with van der Waals surface area (Å²) in [5, 5.41) is 4.46. The van der Waals surface area contributed by atoms with E-state index < -0.39 is 5.97 Å². The lowest BCUT2D eigenvalue weighted by atomic mass is 10.0. The Morgan fingerprint density at radius 3 is 2.27 bits per heavy atom. The highest BCUT2D eigenvalue weighted by Crippen LogP contribution is 2.41. The first-order chi connectivity index (χ1) is 19.2. The van der Waals surface area contributed by atoms with Gasteiger partial charge in [0.25, 0.3) is 11.8 Å². The van der Waals surface area contributed by atoms with E-state index in [0.717, 1.165) is 26.9 Å². The number of esters is 1. The Labute approximate surface area is 238 Å². The Morgan fingerprint density at radius 1 is 0.975 bits per heavy atom. The van der Waals surface area contributed by atoms with E-state index in [1.54, 1.807) is 17.0 Å². The highest BCUT2D eigenvalue weighted by molar-refractivity contribution is 7.17. The molecule has 0 fully saturated rings. The number of rotatable bonds is 10. The first-order valence-electron chi connectivity index (χ1n) is 13.4. The number of benzene rings is 2. The van der Waals surface area contributed by atoms with E-state index in [1.807, 2.05) is 75.6 Å². The lowest BCUT2D eigenvalue weighted by molar-refractivity contribution is -0.132. The molecule has 0 radical (unpaired) electrons. The van der Waals surface area contributed by atoms with Gasteiger partial charge in [-0.05, 0) is 63.9 Å². The van der Waals surface area contributed by atoms with E-state index >= 15 is 0 Å². The Bertz CT molecular complexity index is 1550. The van der Waals surface area contributed by atoms with Crippen molar-refractivity contribution in [3.8, 4) is 16.9 Å². The van der Waals surface area contributed by atoms with Crippen molar-refractivity contribution in [2.24, 2.45) is 0 Å². The summed E-state index contributed by atoms with van der Waals surface area (Å²) in [5.41, 5.74) is 4.21. The number of nitrogens with zero attached hydrogens (tertiary/aromatic N) is 2. The molecule has 0 saturated carbocycles. The first kappa shape index (κ1) is 28.9. The predicted octanol–water partition coefficient (Wildman–Crippen LogP) is 6.29. The van der Waals surface area contributed by atoms with Gasteiger partial charge in [-0.1, -0.05) is 30.3 Å².